The first-order chi connectivity index (χ1) is 13.4. The predicted molar refractivity (Wildman–Crippen MR) is 111 cm³/mol. The summed E-state index contributed by atoms with van der Waals surface area (Å²) in [7, 11) is 0. The molecule has 148 valence electrons. The highest BCUT2D eigenvalue weighted by Gasteiger charge is 2.45. The quantitative estimate of drug-likeness (QED) is 0.838. The van der Waals surface area contributed by atoms with E-state index in [1.165, 1.54) is 0 Å². The van der Waals surface area contributed by atoms with E-state index in [0.717, 1.165) is 16.7 Å². The molecular formula is C23H29N3O2. The van der Waals surface area contributed by atoms with Crippen LogP contribution in [0.2, 0.25) is 0 Å². The summed E-state index contributed by atoms with van der Waals surface area (Å²) in [5, 5.41) is 3.12. The molecule has 1 aliphatic rings. The predicted octanol–water partition coefficient (Wildman–Crippen LogP) is 3.30. The number of carbonyl (C=O) groups is 2. The summed E-state index contributed by atoms with van der Waals surface area (Å²) in [6.07, 6.45) is 4.86. The van der Waals surface area contributed by atoms with E-state index in [-0.39, 0.29) is 11.8 Å². The number of likely N-dealkylation sites (tertiary alicyclic amines) is 1. The molecule has 1 fully saturated rings. The van der Waals surface area contributed by atoms with Gasteiger partial charge in [-0.05, 0) is 47.6 Å². The van der Waals surface area contributed by atoms with Crippen molar-refractivity contribution in [1.29, 1.82) is 0 Å². The van der Waals surface area contributed by atoms with Gasteiger partial charge in [-0.2, -0.15) is 0 Å². The second-order valence-electron chi connectivity index (χ2n) is 8.14. The zero-order chi connectivity index (χ0) is 20.1. The molecule has 0 unspecified atom stereocenters. The van der Waals surface area contributed by atoms with E-state index in [1.54, 1.807) is 24.2 Å². The maximum absolute atomic E-state index is 13.2. The first kappa shape index (κ1) is 20.1. The largest absolute Gasteiger partial charge is 0.355 e. The van der Waals surface area contributed by atoms with Crippen molar-refractivity contribution in [2.24, 2.45) is 11.3 Å². The van der Waals surface area contributed by atoms with Crippen LogP contribution in [0.15, 0.2) is 48.8 Å². The molecule has 3 rings (SSSR count). The van der Waals surface area contributed by atoms with Gasteiger partial charge in [-0.1, -0.05) is 38.1 Å². The summed E-state index contributed by atoms with van der Waals surface area (Å²) in [5.41, 5.74) is 2.73. The van der Waals surface area contributed by atoms with Gasteiger partial charge >= 0.3 is 0 Å². The van der Waals surface area contributed by atoms with Gasteiger partial charge in [-0.25, -0.2) is 0 Å². The van der Waals surface area contributed by atoms with Gasteiger partial charge in [0.1, 0.15) is 0 Å². The van der Waals surface area contributed by atoms with Crippen LogP contribution < -0.4 is 5.32 Å². The molecule has 2 aromatic rings. The molecule has 0 radical (unpaired) electrons. The number of benzene rings is 1. The Morgan fingerprint density at radius 2 is 1.89 bits per heavy atom. The first-order valence-electron chi connectivity index (χ1n) is 9.93. The summed E-state index contributed by atoms with van der Waals surface area (Å²) in [4.78, 5) is 31.1. The van der Waals surface area contributed by atoms with E-state index in [9.17, 15) is 9.59 Å². The van der Waals surface area contributed by atoms with Crippen molar-refractivity contribution in [1.82, 2.24) is 15.2 Å². The Kier molecular flexibility index (Phi) is 6.12. The van der Waals surface area contributed by atoms with Crippen molar-refractivity contribution in [3.8, 4) is 11.1 Å². The number of aromatic nitrogens is 1. The van der Waals surface area contributed by atoms with Crippen LogP contribution >= 0.6 is 0 Å². The van der Waals surface area contributed by atoms with E-state index < -0.39 is 5.41 Å². The van der Waals surface area contributed by atoms with Crippen molar-refractivity contribution >= 4 is 11.8 Å². The van der Waals surface area contributed by atoms with E-state index in [4.69, 9.17) is 0 Å². The van der Waals surface area contributed by atoms with Crippen LogP contribution in [0.1, 0.15) is 32.8 Å². The van der Waals surface area contributed by atoms with Crippen LogP contribution in [0, 0.1) is 11.3 Å². The number of nitrogens with one attached hydrogen (secondary N) is 1. The molecule has 0 bridgehead atoms. The summed E-state index contributed by atoms with van der Waals surface area (Å²) < 4.78 is 0. The van der Waals surface area contributed by atoms with Gasteiger partial charge in [0.25, 0.3) is 0 Å². The lowest BCUT2D eigenvalue weighted by Crippen LogP contribution is -2.46. The molecule has 0 spiro atoms. The highest BCUT2D eigenvalue weighted by molar-refractivity contribution is 5.85. The summed E-state index contributed by atoms with van der Waals surface area (Å²) >= 11 is 0. The lowest BCUT2D eigenvalue weighted by molar-refractivity contribution is -0.132. The standard InChI is InChI=1S/C23H29N3O2/c1-17(2)15-25-22(28)23(10-13-26(16-23)18(3)27)14-20-6-4-5-7-21(20)19-8-11-24-12-9-19/h4-9,11-12,17H,10,13-16H2,1-3H3,(H,25,28)/t23-/m1/s1. The van der Waals surface area contributed by atoms with Gasteiger partial charge in [-0.15, -0.1) is 0 Å². The number of carbonyl (C=O) groups excluding carboxylic acids is 2. The van der Waals surface area contributed by atoms with Gasteiger partial charge in [0.05, 0.1) is 5.41 Å². The van der Waals surface area contributed by atoms with Gasteiger partial charge in [-0.3, -0.25) is 14.6 Å². The molecule has 0 aliphatic carbocycles. The third kappa shape index (κ3) is 4.41. The van der Waals surface area contributed by atoms with Crippen molar-refractivity contribution in [3.63, 3.8) is 0 Å². The minimum atomic E-state index is -0.594. The minimum absolute atomic E-state index is 0.0287. The molecule has 1 atom stereocenters. The smallest absolute Gasteiger partial charge is 0.228 e. The Labute approximate surface area is 167 Å². The lowest BCUT2D eigenvalue weighted by Gasteiger charge is -2.29. The molecular weight excluding hydrogens is 350 g/mol. The fourth-order valence-corrected chi connectivity index (χ4v) is 3.89. The van der Waals surface area contributed by atoms with Crippen molar-refractivity contribution in [3.05, 3.63) is 54.4 Å². The minimum Gasteiger partial charge on any atom is -0.355 e. The lowest BCUT2D eigenvalue weighted by atomic mass is 9.78. The molecule has 1 saturated heterocycles. The molecule has 0 saturated carbocycles. The molecule has 2 heterocycles. The summed E-state index contributed by atoms with van der Waals surface area (Å²) in [6, 6.07) is 12.2. The third-order valence-electron chi connectivity index (χ3n) is 5.49. The Hall–Kier alpha value is -2.69. The van der Waals surface area contributed by atoms with Crippen molar-refractivity contribution < 1.29 is 9.59 Å². The Bertz CT molecular complexity index is 835. The van der Waals surface area contributed by atoms with Gasteiger partial charge in [0, 0.05) is 39.0 Å². The maximum Gasteiger partial charge on any atom is 0.228 e. The second kappa shape index (κ2) is 8.55. The topological polar surface area (TPSA) is 62.3 Å². The SMILES string of the molecule is CC(=O)N1CC[C@](Cc2ccccc2-c2ccncc2)(C(=O)NCC(C)C)C1. The van der Waals surface area contributed by atoms with E-state index in [2.05, 4.69) is 36.3 Å². The van der Waals surface area contributed by atoms with Crippen LogP contribution in [0.3, 0.4) is 0 Å². The number of hydrogen-bond donors (Lipinski definition) is 1. The number of amides is 2. The third-order valence-corrected chi connectivity index (χ3v) is 5.49. The van der Waals surface area contributed by atoms with Crippen molar-refractivity contribution in [2.45, 2.75) is 33.6 Å². The van der Waals surface area contributed by atoms with Crippen molar-refractivity contribution in [2.75, 3.05) is 19.6 Å². The molecule has 5 heteroatoms. The zero-order valence-corrected chi connectivity index (χ0v) is 16.9. The number of pyridine rings is 1. The van der Waals surface area contributed by atoms with Gasteiger partial charge in [0.2, 0.25) is 11.8 Å². The molecule has 1 aromatic heterocycles. The average molecular weight is 380 g/mol. The number of nitrogens with zero attached hydrogens (tertiary/aromatic N) is 2. The fourth-order valence-electron chi connectivity index (χ4n) is 3.89. The summed E-state index contributed by atoms with van der Waals surface area (Å²) in [6.45, 7) is 7.49. The zero-order valence-electron chi connectivity index (χ0n) is 16.9. The van der Waals surface area contributed by atoms with Crippen LogP contribution in [-0.2, 0) is 16.0 Å². The van der Waals surface area contributed by atoms with Crippen LogP contribution in [0.4, 0.5) is 0 Å². The Morgan fingerprint density at radius 3 is 2.54 bits per heavy atom. The number of hydrogen-bond acceptors (Lipinski definition) is 3. The van der Waals surface area contributed by atoms with E-state index >= 15 is 0 Å². The van der Waals surface area contributed by atoms with E-state index in [1.807, 2.05) is 24.3 Å². The monoisotopic (exact) mass is 379 g/mol. The molecule has 1 N–H and O–H groups in total. The Morgan fingerprint density at radius 1 is 1.18 bits per heavy atom. The highest BCUT2D eigenvalue weighted by atomic mass is 16.2. The first-order valence-corrected chi connectivity index (χ1v) is 9.93. The highest BCUT2D eigenvalue weighted by Crippen LogP contribution is 2.37. The van der Waals surface area contributed by atoms with Crippen LogP contribution in [0.5, 0.6) is 0 Å². The molecule has 28 heavy (non-hydrogen) atoms. The summed E-state index contributed by atoms with van der Waals surface area (Å²) in [5.74, 6) is 0.464. The molecule has 1 aliphatic heterocycles. The molecule has 2 amide bonds. The molecule has 5 nitrogen and oxygen atoms in total. The normalized spacial score (nSPS) is 19.1. The second-order valence-corrected chi connectivity index (χ2v) is 8.14. The van der Waals surface area contributed by atoms with Gasteiger partial charge < -0.3 is 10.2 Å². The molecule has 1 aromatic carbocycles. The number of rotatable bonds is 6. The Balaban J connectivity index is 1.93. The van der Waals surface area contributed by atoms with Crippen LogP contribution in [-0.4, -0.2) is 41.3 Å². The average Bonchev–Trinajstić information content (AvgIpc) is 3.13. The van der Waals surface area contributed by atoms with E-state index in [0.29, 0.717) is 38.4 Å². The maximum atomic E-state index is 13.2. The van der Waals surface area contributed by atoms with Gasteiger partial charge in [0.15, 0.2) is 0 Å². The van der Waals surface area contributed by atoms with Crippen LogP contribution in [0.25, 0.3) is 11.1 Å². The fraction of sp³-hybridized carbons (Fsp3) is 0.435.